The molecule has 0 N–H and O–H groups in total. The number of sulfonamides is 1. The second-order valence-corrected chi connectivity index (χ2v) is 10.4. The Kier molecular flexibility index (Phi) is 5.91. The number of benzene rings is 3. The maximum Gasteiger partial charge on any atom is 0.264 e. The van der Waals surface area contributed by atoms with Crippen molar-refractivity contribution in [2.45, 2.75) is 17.9 Å². The molecule has 2 aliphatic rings. The molecule has 6 nitrogen and oxygen atoms in total. The lowest BCUT2D eigenvalue weighted by Gasteiger charge is -2.34. The average Bonchev–Trinajstić information content (AvgIpc) is 3.30. The van der Waals surface area contributed by atoms with Crippen LogP contribution in [0.5, 0.6) is 0 Å². The van der Waals surface area contributed by atoms with Gasteiger partial charge in [0.1, 0.15) is 0 Å². The molecule has 1 saturated heterocycles. The summed E-state index contributed by atoms with van der Waals surface area (Å²) in [5, 5.41) is 0. The van der Waals surface area contributed by atoms with Crippen LogP contribution in [0.1, 0.15) is 21.5 Å². The van der Waals surface area contributed by atoms with Crippen LogP contribution >= 0.6 is 0 Å². The standard InChI is InChI=1S/C26H27N3O3S/c30-26(28-17-15-27(16-18-28)20-21-7-2-1-3-8-21)23-10-6-11-24(19-23)33(31,32)29-14-13-22-9-4-5-12-25(22)29/h1-12,19H,13-18,20H2. The van der Waals surface area contributed by atoms with Crippen LogP contribution in [-0.2, 0) is 23.0 Å². The highest BCUT2D eigenvalue weighted by Gasteiger charge is 2.31. The molecule has 3 aromatic carbocycles. The zero-order valence-electron chi connectivity index (χ0n) is 18.4. The van der Waals surface area contributed by atoms with Gasteiger partial charge >= 0.3 is 0 Å². The minimum absolute atomic E-state index is 0.117. The van der Waals surface area contributed by atoms with E-state index < -0.39 is 10.0 Å². The van der Waals surface area contributed by atoms with E-state index >= 15 is 0 Å². The molecule has 0 saturated carbocycles. The van der Waals surface area contributed by atoms with Gasteiger partial charge in [0, 0.05) is 44.8 Å². The fraction of sp³-hybridized carbons (Fsp3) is 0.269. The molecular formula is C26H27N3O3S. The quantitative estimate of drug-likeness (QED) is 0.584. The fourth-order valence-corrected chi connectivity index (χ4v) is 6.16. The number of carbonyl (C=O) groups is 1. The average molecular weight is 462 g/mol. The van der Waals surface area contributed by atoms with E-state index in [0.717, 1.165) is 30.9 Å². The Labute approximate surface area is 195 Å². The third-order valence-electron chi connectivity index (χ3n) is 6.42. The van der Waals surface area contributed by atoms with Crippen LogP contribution < -0.4 is 4.31 Å². The molecular weight excluding hydrogens is 434 g/mol. The fourth-order valence-electron chi connectivity index (χ4n) is 4.61. The first-order valence-corrected chi connectivity index (χ1v) is 12.7. The number of amides is 1. The van der Waals surface area contributed by atoms with Gasteiger partial charge in [-0.15, -0.1) is 0 Å². The minimum atomic E-state index is -3.73. The number of hydrogen-bond acceptors (Lipinski definition) is 4. The Morgan fingerprint density at radius 3 is 2.30 bits per heavy atom. The molecule has 7 heteroatoms. The van der Waals surface area contributed by atoms with Crippen LogP contribution in [0.4, 0.5) is 5.69 Å². The number of rotatable bonds is 5. The van der Waals surface area contributed by atoms with Crippen molar-refractivity contribution in [3.63, 3.8) is 0 Å². The normalized spacial score (nSPS) is 16.6. The lowest BCUT2D eigenvalue weighted by Crippen LogP contribution is -2.48. The Morgan fingerprint density at radius 1 is 0.788 bits per heavy atom. The molecule has 0 unspecified atom stereocenters. The van der Waals surface area contributed by atoms with Gasteiger partial charge in [-0.1, -0.05) is 54.6 Å². The summed E-state index contributed by atoms with van der Waals surface area (Å²) in [6, 6.07) is 24.3. The SMILES string of the molecule is O=C(c1cccc(S(=O)(=O)N2CCc3ccccc32)c1)N1CCN(Cc2ccccc2)CC1. The highest BCUT2D eigenvalue weighted by atomic mass is 32.2. The maximum absolute atomic E-state index is 13.4. The van der Waals surface area contributed by atoms with Gasteiger partial charge in [-0.25, -0.2) is 8.42 Å². The van der Waals surface area contributed by atoms with Crippen LogP contribution in [0, 0.1) is 0 Å². The van der Waals surface area contributed by atoms with Crippen molar-refractivity contribution in [3.05, 3.63) is 95.6 Å². The lowest BCUT2D eigenvalue weighted by molar-refractivity contribution is 0.0628. The van der Waals surface area contributed by atoms with Crippen molar-refractivity contribution in [1.29, 1.82) is 0 Å². The summed E-state index contributed by atoms with van der Waals surface area (Å²) >= 11 is 0. The number of para-hydroxylation sites is 1. The molecule has 0 spiro atoms. The summed E-state index contributed by atoms with van der Waals surface area (Å²) < 4.78 is 28.2. The lowest BCUT2D eigenvalue weighted by atomic mass is 10.1. The van der Waals surface area contributed by atoms with Crippen LogP contribution in [0.3, 0.4) is 0 Å². The van der Waals surface area contributed by atoms with Crippen molar-refractivity contribution in [3.8, 4) is 0 Å². The molecule has 0 radical (unpaired) electrons. The first-order valence-electron chi connectivity index (χ1n) is 11.3. The van der Waals surface area contributed by atoms with E-state index in [-0.39, 0.29) is 10.8 Å². The van der Waals surface area contributed by atoms with E-state index in [0.29, 0.717) is 31.6 Å². The largest absolute Gasteiger partial charge is 0.336 e. The molecule has 1 amide bonds. The molecule has 0 aliphatic carbocycles. The smallest absolute Gasteiger partial charge is 0.264 e. The third-order valence-corrected chi connectivity index (χ3v) is 8.23. The summed E-state index contributed by atoms with van der Waals surface area (Å²) in [4.78, 5) is 17.5. The molecule has 2 aliphatic heterocycles. The van der Waals surface area contributed by atoms with Gasteiger partial charge in [0.15, 0.2) is 0 Å². The number of anilines is 1. The highest BCUT2D eigenvalue weighted by molar-refractivity contribution is 7.92. The van der Waals surface area contributed by atoms with Crippen LogP contribution in [0.2, 0.25) is 0 Å². The monoisotopic (exact) mass is 461 g/mol. The first-order chi connectivity index (χ1) is 16.0. The van der Waals surface area contributed by atoms with E-state index in [1.807, 2.05) is 47.4 Å². The van der Waals surface area contributed by atoms with Crippen molar-refractivity contribution in [1.82, 2.24) is 9.80 Å². The second kappa shape index (κ2) is 9.00. The number of hydrogen-bond donors (Lipinski definition) is 0. The third kappa shape index (κ3) is 4.38. The van der Waals surface area contributed by atoms with Gasteiger partial charge in [-0.3, -0.25) is 14.0 Å². The second-order valence-electron chi connectivity index (χ2n) is 8.54. The molecule has 0 bridgehead atoms. The van der Waals surface area contributed by atoms with Gasteiger partial charge in [-0.2, -0.15) is 0 Å². The summed E-state index contributed by atoms with van der Waals surface area (Å²) in [7, 11) is -3.73. The predicted octanol–water partition coefficient (Wildman–Crippen LogP) is 3.40. The topological polar surface area (TPSA) is 60.9 Å². The zero-order chi connectivity index (χ0) is 22.8. The molecule has 170 valence electrons. The molecule has 0 aromatic heterocycles. The summed E-state index contributed by atoms with van der Waals surface area (Å²) in [5.74, 6) is -0.117. The molecule has 33 heavy (non-hydrogen) atoms. The van der Waals surface area contributed by atoms with Crippen molar-refractivity contribution < 1.29 is 13.2 Å². The molecule has 0 atom stereocenters. The molecule has 1 fully saturated rings. The Hall–Kier alpha value is -3.16. The van der Waals surface area contributed by atoms with Crippen LogP contribution in [0.25, 0.3) is 0 Å². The number of nitrogens with zero attached hydrogens (tertiary/aromatic N) is 3. The Bertz CT molecular complexity index is 1250. The maximum atomic E-state index is 13.4. The predicted molar refractivity (Wildman–Crippen MR) is 129 cm³/mol. The van der Waals surface area contributed by atoms with Crippen molar-refractivity contribution >= 4 is 21.6 Å². The summed E-state index contributed by atoms with van der Waals surface area (Å²) in [6.45, 7) is 4.13. The molecule has 3 aromatic rings. The van der Waals surface area contributed by atoms with Crippen molar-refractivity contribution in [2.24, 2.45) is 0 Å². The van der Waals surface area contributed by atoms with E-state index in [4.69, 9.17) is 0 Å². The Morgan fingerprint density at radius 2 is 1.52 bits per heavy atom. The highest BCUT2D eigenvalue weighted by Crippen LogP contribution is 2.32. The van der Waals surface area contributed by atoms with E-state index in [1.165, 1.54) is 15.9 Å². The summed E-state index contributed by atoms with van der Waals surface area (Å²) in [5.41, 5.74) is 3.43. The van der Waals surface area contributed by atoms with Gasteiger partial charge in [0.2, 0.25) is 0 Å². The van der Waals surface area contributed by atoms with Gasteiger partial charge in [0.05, 0.1) is 10.6 Å². The Balaban J connectivity index is 1.28. The zero-order valence-corrected chi connectivity index (χ0v) is 19.2. The number of carbonyl (C=O) groups excluding carboxylic acids is 1. The van der Waals surface area contributed by atoms with E-state index in [2.05, 4.69) is 17.0 Å². The summed E-state index contributed by atoms with van der Waals surface area (Å²) in [6.07, 6.45) is 0.696. The van der Waals surface area contributed by atoms with E-state index in [1.54, 1.807) is 18.2 Å². The van der Waals surface area contributed by atoms with Crippen LogP contribution in [0.15, 0.2) is 83.8 Å². The molecule has 5 rings (SSSR count). The van der Waals surface area contributed by atoms with Crippen molar-refractivity contribution in [2.75, 3.05) is 37.0 Å². The van der Waals surface area contributed by atoms with Gasteiger partial charge < -0.3 is 4.90 Å². The van der Waals surface area contributed by atoms with Gasteiger partial charge in [-0.05, 0) is 41.8 Å². The number of piperazine rings is 1. The minimum Gasteiger partial charge on any atom is -0.336 e. The molecule has 2 heterocycles. The number of fused-ring (bicyclic) bond motifs is 1. The first kappa shape index (κ1) is 21.7. The van der Waals surface area contributed by atoms with Gasteiger partial charge in [0.25, 0.3) is 15.9 Å². The van der Waals surface area contributed by atoms with Crippen LogP contribution in [-0.4, -0.2) is 56.8 Å². The van der Waals surface area contributed by atoms with E-state index in [9.17, 15) is 13.2 Å².